The standard InChI is InChI=1S/C20H23FN2O/c1-15-12-18(21)9-8-17(15)14-23-11-5-10-22-20(24)19(23)13-16-6-3-2-4-7-16/h2-4,6-9,12,19H,5,10-11,13-14H2,1H3,(H,22,24). The topological polar surface area (TPSA) is 32.3 Å². The minimum absolute atomic E-state index is 0.0797. The second kappa shape index (κ2) is 7.58. The third-order valence-corrected chi connectivity index (χ3v) is 4.61. The lowest BCUT2D eigenvalue weighted by molar-refractivity contribution is -0.125. The molecule has 0 bridgehead atoms. The molecular weight excluding hydrogens is 303 g/mol. The van der Waals surface area contributed by atoms with E-state index < -0.39 is 0 Å². The highest BCUT2D eigenvalue weighted by Crippen LogP contribution is 2.18. The Morgan fingerprint density at radius 2 is 2.00 bits per heavy atom. The summed E-state index contributed by atoms with van der Waals surface area (Å²) in [6, 6.07) is 14.8. The predicted molar refractivity (Wildman–Crippen MR) is 93.1 cm³/mol. The molecule has 0 radical (unpaired) electrons. The Bertz CT molecular complexity index is 702. The number of rotatable bonds is 4. The van der Waals surface area contributed by atoms with E-state index in [1.807, 2.05) is 31.2 Å². The van der Waals surface area contributed by atoms with Gasteiger partial charge >= 0.3 is 0 Å². The molecule has 3 rings (SSSR count). The number of halogens is 1. The first kappa shape index (κ1) is 16.7. The van der Waals surface area contributed by atoms with Crippen molar-refractivity contribution in [3.63, 3.8) is 0 Å². The third kappa shape index (κ3) is 4.01. The number of nitrogens with zero attached hydrogens (tertiary/aromatic N) is 1. The van der Waals surface area contributed by atoms with Gasteiger partial charge in [-0.3, -0.25) is 9.69 Å². The highest BCUT2D eigenvalue weighted by atomic mass is 19.1. The summed E-state index contributed by atoms with van der Waals surface area (Å²) in [6.07, 6.45) is 1.62. The van der Waals surface area contributed by atoms with Gasteiger partial charge in [0.2, 0.25) is 5.91 Å². The van der Waals surface area contributed by atoms with Gasteiger partial charge in [0.1, 0.15) is 5.82 Å². The SMILES string of the molecule is Cc1cc(F)ccc1CN1CCCNC(=O)C1Cc1ccccc1. The van der Waals surface area contributed by atoms with Crippen LogP contribution in [0.5, 0.6) is 0 Å². The quantitative estimate of drug-likeness (QED) is 0.936. The average molecular weight is 326 g/mol. The maximum absolute atomic E-state index is 13.3. The zero-order chi connectivity index (χ0) is 16.9. The minimum Gasteiger partial charge on any atom is -0.355 e. The molecule has 126 valence electrons. The van der Waals surface area contributed by atoms with Crippen molar-refractivity contribution in [1.29, 1.82) is 0 Å². The Labute approximate surface area is 142 Å². The summed E-state index contributed by atoms with van der Waals surface area (Å²) in [5, 5.41) is 3.01. The fraction of sp³-hybridized carbons (Fsp3) is 0.350. The van der Waals surface area contributed by atoms with Gasteiger partial charge in [-0.15, -0.1) is 0 Å². The van der Waals surface area contributed by atoms with Gasteiger partial charge in [-0.2, -0.15) is 0 Å². The van der Waals surface area contributed by atoms with Crippen molar-refractivity contribution >= 4 is 5.91 Å². The van der Waals surface area contributed by atoms with Crippen LogP contribution in [0.1, 0.15) is 23.1 Å². The van der Waals surface area contributed by atoms with Crippen molar-refractivity contribution < 1.29 is 9.18 Å². The first-order valence-corrected chi connectivity index (χ1v) is 8.44. The molecule has 1 aliphatic heterocycles. The fourth-order valence-corrected chi connectivity index (χ4v) is 3.24. The first-order valence-electron chi connectivity index (χ1n) is 8.44. The van der Waals surface area contributed by atoms with Crippen LogP contribution in [0.15, 0.2) is 48.5 Å². The molecule has 24 heavy (non-hydrogen) atoms. The van der Waals surface area contributed by atoms with Gasteiger partial charge in [0.15, 0.2) is 0 Å². The highest BCUT2D eigenvalue weighted by molar-refractivity contribution is 5.82. The smallest absolute Gasteiger partial charge is 0.237 e. The molecule has 2 aromatic rings. The maximum Gasteiger partial charge on any atom is 0.237 e. The predicted octanol–water partition coefficient (Wildman–Crippen LogP) is 3.07. The Morgan fingerprint density at radius 3 is 2.75 bits per heavy atom. The summed E-state index contributed by atoms with van der Waals surface area (Å²) in [4.78, 5) is 14.8. The number of nitrogens with one attached hydrogen (secondary N) is 1. The van der Waals surface area contributed by atoms with Gasteiger partial charge in [-0.05, 0) is 48.6 Å². The Morgan fingerprint density at radius 1 is 1.21 bits per heavy atom. The van der Waals surface area contributed by atoms with E-state index in [0.29, 0.717) is 19.5 Å². The summed E-state index contributed by atoms with van der Waals surface area (Å²) in [7, 11) is 0. The number of amides is 1. The van der Waals surface area contributed by atoms with Crippen LogP contribution >= 0.6 is 0 Å². The van der Waals surface area contributed by atoms with E-state index in [1.165, 1.54) is 6.07 Å². The Balaban J connectivity index is 1.82. The van der Waals surface area contributed by atoms with Gasteiger partial charge in [-0.1, -0.05) is 36.4 Å². The largest absolute Gasteiger partial charge is 0.355 e. The van der Waals surface area contributed by atoms with Crippen molar-refractivity contribution in [2.75, 3.05) is 13.1 Å². The molecule has 1 heterocycles. The summed E-state index contributed by atoms with van der Waals surface area (Å²) in [5.74, 6) is -0.137. The molecule has 3 nitrogen and oxygen atoms in total. The molecule has 1 atom stereocenters. The normalized spacial score (nSPS) is 18.9. The number of carbonyl (C=O) groups is 1. The molecule has 1 N–H and O–H groups in total. The summed E-state index contributed by atoms with van der Waals surface area (Å²) < 4.78 is 13.3. The fourth-order valence-electron chi connectivity index (χ4n) is 3.24. The first-order chi connectivity index (χ1) is 11.6. The van der Waals surface area contributed by atoms with Crippen LogP contribution in [0.25, 0.3) is 0 Å². The highest BCUT2D eigenvalue weighted by Gasteiger charge is 2.28. The molecule has 1 aliphatic rings. The van der Waals surface area contributed by atoms with Crippen LogP contribution in [0.4, 0.5) is 4.39 Å². The van der Waals surface area contributed by atoms with E-state index in [0.717, 1.165) is 29.7 Å². The minimum atomic E-state index is -0.217. The third-order valence-electron chi connectivity index (χ3n) is 4.61. The number of benzene rings is 2. The van der Waals surface area contributed by atoms with Crippen molar-refractivity contribution in [3.05, 3.63) is 71.0 Å². The van der Waals surface area contributed by atoms with Gasteiger partial charge in [0.05, 0.1) is 6.04 Å². The lowest BCUT2D eigenvalue weighted by Crippen LogP contribution is -2.45. The number of carbonyl (C=O) groups excluding carboxylic acids is 1. The molecule has 1 fully saturated rings. The van der Waals surface area contributed by atoms with Gasteiger partial charge < -0.3 is 5.32 Å². The van der Waals surface area contributed by atoms with E-state index >= 15 is 0 Å². The van der Waals surface area contributed by atoms with Crippen molar-refractivity contribution in [1.82, 2.24) is 10.2 Å². The zero-order valence-electron chi connectivity index (χ0n) is 14.0. The van der Waals surface area contributed by atoms with E-state index in [2.05, 4.69) is 22.3 Å². The van der Waals surface area contributed by atoms with Gasteiger partial charge in [0.25, 0.3) is 0 Å². The Hall–Kier alpha value is -2.20. The van der Waals surface area contributed by atoms with Crippen LogP contribution in [-0.2, 0) is 17.8 Å². The monoisotopic (exact) mass is 326 g/mol. The molecule has 0 aromatic heterocycles. The number of hydrogen-bond acceptors (Lipinski definition) is 2. The summed E-state index contributed by atoms with van der Waals surface area (Å²) >= 11 is 0. The number of hydrogen-bond donors (Lipinski definition) is 1. The molecular formula is C20H23FN2O. The van der Waals surface area contributed by atoms with Crippen LogP contribution in [0, 0.1) is 12.7 Å². The van der Waals surface area contributed by atoms with Crippen molar-refractivity contribution in [3.8, 4) is 0 Å². The summed E-state index contributed by atoms with van der Waals surface area (Å²) in [5.41, 5.74) is 3.16. The van der Waals surface area contributed by atoms with Crippen molar-refractivity contribution in [2.45, 2.75) is 32.4 Å². The maximum atomic E-state index is 13.3. The molecule has 1 unspecified atom stereocenters. The van der Waals surface area contributed by atoms with Gasteiger partial charge in [0, 0.05) is 19.6 Å². The molecule has 1 saturated heterocycles. The molecule has 0 aliphatic carbocycles. The lowest BCUT2D eigenvalue weighted by Gasteiger charge is -2.29. The van der Waals surface area contributed by atoms with Crippen LogP contribution < -0.4 is 5.32 Å². The lowest BCUT2D eigenvalue weighted by atomic mass is 10.0. The average Bonchev–Trinajstić information content (AvgIpc) is 2.74. The molecule has 2 aromatic carbocycles. The van der Waals surface area contributed by atoms with Crippen LogP contribution in [0.3, 0.4) is 0 Å². The second-order valence-electron chi connectivity index (χ2n) is 6.39. The van der Waals surface area contributed by atoms with E-state index in [-0.39, 0.29) is 17.8 Å². The molecule has 4 heteroatoms. The van der Waals surface area contributed by atoms with E-state index in [1.54, 1.807) is 6.07 Å². The zero-order valence-corrected chi connectivity index (χ0v) is 14.0. The molecule has 0 saturated carbocycles. The molecule has 1 amide bonds. The molecule has 0 spiro atoms. The summed E-state index contributed by atoms with van der Waals surface area (Å²) in [6.45, 7) is 4.15. The number of aryl methyl sites for hydroxylation is 1. The van der Waals surface area contributed by atoms with Crippen LogP contribution in [-0.4, -0.2) is 29.9 Å². The van der Waals surface area contributed by atoms with Crippen molar-refractivity contribution in [2.24, 2.45) is 0 Å². The van der Waals surface area contributed by atoms with E-state index in [9.17, 15) is 9.18 Å². The second-order valence-corrected chi connectivity index (χ2v) is 6.39. The van der Waals surface area contributed by atoms with E-state index in [4.69, 9.17) is 0 Å². The van der Waals surface area contributed by atoms with Crippen LogP contribution in [0.2, 0.25) is 0 Å². The Kier molecular flexibility index (Phi) is 5.26. The van der Waals surface area contributed by atoms with Gasteiger partial charge in [-0.25, -0.2) is 4.39 Å².